The van der Waals surface area contributed by atoms with Crippen LogP contribution in [0, 0.1) is 0 Å². The van der Waals surface area contributed by atoms with E-state index in [4.69, 9.17) is 0 Å². The second-order valence-corrected chi connectivity index (χ2v) is 6.34. The molecule has 2 aromatic heterocycles. The molecule has 1 amide bonds. The highest BCUT2D eigenvalue weighted by atomic mass is 16.2. The minimum absolute atomic E-state index is 0.0182. The van der Waals surface area contributed by atoms with E-state index < -0.39 is 6.04 Å². The van der Waals surface area contributed by atoms with Crippen molar-refractivity contribution < 1.29 is 4.79 Å². The number of aromatic nitrogens is 6. The summed E-state index contributed by atoms with van der Waals surface area (Å²) in [6.45, 7) is 1.39. The summed E-state index contributed by atoms with van der Waals surface area (Å²) in [4.78, 5) is 23.4. The Morgan fingerprint density at radius 3 is 2.58 bits per heavy atom. The number of carbonyl (C=O) groups is 1. The summed E-state index contributed by atoms with van der Waals surface area (Å²) in [6, 6.07) is 11.0. The van der Waals surface area contributed by atoms with Gasteiger partial charge in [0.05, 0.1) is 0 Å². The van der Waals surface area contributed by atoms with Crippen LogP contribution in [-0.2, 0) is 4.79 Å². The molecule has 1 saturated heterocycles. The van der Waals surface area contributed by atoms with Crippen molar-refractivity contribution in [3.05, 3.63) is 66.5 Å². The molecule has 1 atom stereocenters. The molecule has 1 fully saturated rings. The Morgan fingerprint density at radius 2 is 1.92 bits per heavy atom. The van der Waals surface area contributed by atoms with Gasteiger partial charge < -0.3 is 4.90 Å². The Hall–Kier alpha value is -3.16. The quantitative estimate of drug-likeness (QED) is 0.708. The fourth-order valence-electron chi connectivity index (χ4n) is 3.44. The standard InChI is InChI=1S/C18H19N7O/c26-18(17(25-13-21-22-23-25)15-4-2-1-3-5-15)24-10-7-14(8-11-24)16-6-9-19-12-20-16/h1-6,9,12-14,17H,7-8,10-11H2. The molecule has 0 bridgehead atoms. The summed E-state index contributed by atoms with van der Waals surface area (Å²) in [7, 11) is 0. The molecule has 1 aromatic carbocycles. The highest BCUT2D eigenvalue weighted by Gasteiger charge is 2.31. The predicted molar refractivity (Wildman–Crippen MR) is 93.0 cm³/mol. The SMILES string of the molecule is O=C(C(c1ccccc1)n1cnnn1)N1CCC(c2ccncn2)CC1. The Balaban J connectivity index is 1.51. The molecule has 1 unspecified atom stereocenters. The number of hydrogen-bond donors (Lipinski definition) is 0. The molecular weight excluding hydrogens is 330 g/mol. The molecule has 132 valence electrons. The van der Waals surface area contributed by atoms with Crippen molar-refractivity contribution in [2.45, 2.75) is 24.8 Å². The van der Waals surface area contributed by atoms with Gasteiger partial charge in [0.1, 0.15) is 12.7 Å². The first-order valence-electron chi connectivity index (χ1n) is 8.65. The van der Waals surface area contributed by atoms with Crippen molar-refractivity contribution in [1.29, 1.82) is 0 Å². The lowest BCUT2D eigenvalue weighted by molar-refractivity contribution is -0.135. The maximum atomic E-state index is 13.2. The van der Waals surface area contributed by atoms with Gasteiger partial charge in [-0.1, -0.05) is 30.3 Å². The van der Waals surface area contributed by atoms with Crippen LogP contribution in [0.15, 0.2) is 55.2 Å². The zero-order chi connectivity index (χ0) is 17.8. The zero-order valence-electron chi connectivity index (χ0n) is 14.2. The number of likely N-dealkylation sites (tertiary alicyclic amines) is 1. The van der Waals surface area contributed by atoms with Gasteiger partial charge >= 0.3 is 0 Å². The molecule has 0 spiro atoms. The largest absolute Gasteiger partial charge is 0.340 e. The van der Waals surface area contributed by atoms with Crippen LogP contribution in [0.4, 0.5) is 0 Å². The van der Waals surface area contributed by atoms with Crippen LogP contribution in [0.5, 0.6) is 0 Å². The van der Waals surface area contributed by atoms with E-state index in [1.807, 2.05) is 41.3 Å². The maximum absolute atomic E-state index is 13.2. The van der Waals surface area contributed by atoms with E-state index in [-0.39, 0.29) is 5.91 Å². The van der Waals surface area contributed by atoms with Crippen molar-refractivity contribution in [1.82, 2.24) is 35.1 Å². The van der Waals surface area contributed by atoms with Crippen LogP contribution in [0.1, 0.15) is 36.1 Å². The average Bonchev–Trinajstić information content (AvgIpc) is 3.24. The van der Waals surface area contributed by atoms with E-state index >= 15 is 0 Å². The van der Waals surface area contributed by atoms with E-state index in [0.717, 1.165) is 24.1 Å². The molecular formula is C18H19N7O. The molecule has 26 heavy (non-hydrogen) atoms. The molecule has 4 rings (SSSR count). The summed E-state index contributed by atoms with van der Waals surface area (Å²) in [5, 5.41) is 11.4. The Kier molecular flexibility index (Phi) is 4.63. The molecule has 0 aliphatic carbocycles. The number of tetrazole rings is 1. The first-order chi connectivity index (χ1) is 12.8. The first-order valence-corrected chi connectivity index (χ1v) is 8.65. The molecule has 8 heteroatoms. The third-order valence-electron chi connectivity index (χ3n) is 4.81. The molecule has 0 saturated carbocycles. The van der Waals surface area contributed by atoms with Crippen LogP contribution in [0.25, 0.3) is 0 Å². The van der Waals surface area contributed by atoms with Crippen LogP contribution in [-0.4, -0.2) is 54.1 Å². The van der Waals surface area contributed by atoms with Crippen LogP contribution >= 0.6 is 0 Å². The second-order valence-electron chi connectivity index (χ2n) is 6.34. The van der Waals surface area contributed by atoms with Crippen molar-refractivity contribution >= 4 is 5.91 Å². The topological polar surface area (TPSA) is 89.7 Å². The minimum atomic E-state index is -0.540. The number of hydrogen-bond acceptors (Lipinski definition) is 6. The lowest BCUT2D eigenvalue weighted by atomic mass is 9.92. The minimum Gasteiger partial charge on any atom is -0.340 e. The summed E-state index contributed by atoms with van der Waals surface area (Å²) in [6.07, 6.45) is 6.61. The maximum Gasteiger partial charge on any atom is 0.252 e. The monoisotopic (exact) mass is 349 g/mol. The van der Waals surface area contributed by atoms with E-state index in [1.165, 1.54) is 11.0 Å². The first kappa shape index (κ1) is 16.3. The molecule has 3 aromatic rings. The summed E-state index contributed by atoms with van der Waals surface area (Å²) >= 11 is 0. The van der Waals surface area contributed by atoms with Gasteiger partial charge in [0, 0.05) is 30.9 Å². The number of nitrogens with zero attached hydrogens (tertiary/aromatic N) is 7. The molecule has 1 aliphatic heterocycles. The van der Waals surface area contributed by atoms with Crippen molar-refractivity contribution in [2.75, 3.05) is 13.1 Å². The summed E-state index contributed by atoms with van der Waals surface area (Å²) in [5.74, 6) is 0.384. The zero-order valence-corrected chi connectivity index (χ0v) is 14.2. The summed E-state index contributed by atoms with van der Waals surface area (Å²) in [5.41, 5.74) is 1.93. The van der Waals surface area contributed by atoms with E-state index in [0.29, 0.717) is 19.0 Å². The van der Waals surface area contributed by atoms with E-state index in [1.54, 1.807) is 12.5 Å². The van der Waals surface area contributed by atoms with Gasteiger partial charge in [-0.05, 0) is 34.9 Å². The fraction of sp³-hybridized carbons (Fsp3) is 0.333. The van der Waals surface area contributed by atoms with Crippen LogP contribution < -0.4 is 0 Å². The number of carbonyl (C=O) groups excluding carboxylic acids is 1. The third-order valence-corrected chi connectivity index (χ3v) is 4.81. The fourth-order valence-corrected chi connectivity index (χ4v) is 3.44. The number of piperidine rings is 1. The lowest BCUT2D eigenvalue weighted by Crippen LogP contribution is -2.42. The van der Waals surface area contributed by atoms with Gasteiger partial charge in [0.15, 0.2) is 6.04 Å². The Morgan fingerprint density at radius 1 is 1.12 bits per heavy atom. The molecule has 8 nitrogen and oxygen atoms in total. The Bertz CT molecular complexity index is 831. The molecule has 0 radical (unpaired) electrons. The van der Waals surface area contributed by atoms with Gasteiger partial charge in [-0.25, -0.2) is 14.6 Å². The van der Waals surface area contributed by atoms with E-state index in [2.05, 4.69) is 25.5 Å². The highest BCUT2D eigenvalue weighted by Crippen LogP contribution is 2.28. The van der Waals surface area contributed by atoms with Crippen LogP contribution in [0.3, 0.4) is 0 Å². The highest BCUT2D eigenvalue weighted by molar-refractivity contribution is 5.83. The summed E-state index contributed by atoms with van der Waals surface area (Å²) < 4.78 is 1.52. The molecule has 3 heterocycles. The van der Waals surface area contributed by atoms with Gasteiger partial charge in [-0.2, -0.15) is 0 Å². The number of rotatable bonds is 4. The van der Waals surface area contributed by atoms with Crippen molar-refractivity contribution in [2.24, 2.45) is 0 Å². The van der Waals surface area contributed by atoms with Gasteiger partial charge in [0.2, 0.25) is 0 Å². The lowest BCUT2D eigenvalue weighted by Gasteiger charge is -2.34. The van der Waals surface area contributed by atoms with Gasteiger partial charge in [0.25, 0.3) is 5.91 Å². The number of benzene rings is 1. The van der Waals surface area contributed by atoms with Gasteiger partial charge in [-0.3, -0.25) is 4.79 Å². The van der Waals surface area contributed by atoms with Crippen molar-refractivity contribution in [3.8, 4) is 0 Å². The Labute approximate surface area is 150 Å². The smallest absolute Gasteiger partial charge is 0.252 e. The normalized spacial score (nSPS) is 16.4. The third kappa shape index (κ3) is 3.30. The van der Waals surface area contributed by atoms with E-state index in [9.17, 15) is 4.79 Å². The predicted octanol–water partition coefficient (Wildman–Crippen LogP) is 1.46. The molecule has 1 aliphatic rings. The second kappa shape index (κ2) is 7.38. The van der Waals surface area contributed by atoms with Crippen molar-refractivity contribution in [3.63, 3.8) is 0 Å². The van der Waals surface area contributed by atoms with Gasteiger partial charge in [-0.15, -0.1) is 5.10 Å². The average molecular weight is 349 g/mol. The van der Waals surface area contributed by atoms with Crippen LogP contribution in [0.2, 0.25) is 0 Å². The number of amides is 1. The molecule has 0 N–H and O–H groups in total.